The Bertz CT molecular complexity index is 540. The summed E-state index contributed by atoms with van der Waals surface area (Å²) in [6.45, 7) is 0. The third-order valence-electron chi connectivity index (χ3n) is 2.83. The van der Waals surface area contributed by atoms with Crippen molar-refractivity contribution in [3.05, 3.63) is 58.6 Å². The van der Waals surface area contributed by atoms with Crippen molar-refractivity contribution in [2.45, 2.75) is 6.04 Å². The maximum Gasteiger partial charge on any atom is 0.137 e. The molecule has 1 atom stereocenters. The van der Waals surface area contributed by atoms with Gasteiger partial charge < -0.3 is 16.2 Å². The van der Waals surface area contributed by atoms with Gasteiger partial charge in [-0.1, -0.05) is 29.8 Å². The van der Waals surface area contributed by atoms with Crippen molar-refractivity contribution in [2.75, 3.05) is 12.8 Å². The average molecular weight is 263 g/mol. The minimum atomic E-state index is -0.228. The molecule has 0 aromatic heterocycles. The number of nitrogen functional groups attached to an aromatic ring is 1. The Morgan fingerprint density at radius 2 is 1.67 bits per heavy atom. The fourth-order valence-corrected chi connectivity index (χ4v) is 2.04. The summed E-state index contributed by atoms with van der Waals surface area (Å²) in [4.78, 5) is 0. The largest absolute Gasteiger partial charge is 0.495 e. The maximum atomic E-state index is 6.19. The molecule has 0 bridgehead atoms. The Morgan fingerprint density at radius 1 is 1.06 bits per heavy atom. The second-order valence-corrected chi connectivity index (χ2v) is 4.45. The molecule has 2 rings (SSSR count). The number of halogens is 1. The summed E-state index contributed by atoms with van der Waals surface area (Å²) in [5.41, 5.74) is 14.5. The SMILES string of the molecule is COc1ccc(C(N)c2ccc(N)cc2)cc1Cl. The molecule has 0 heterocycles. The number of anilines is 1. The maximum absolute atomic E-state index is 6.19. The summed E-state index contributed by atoms with van der Waals surface area (Å²) < 4.78 is 5.11. The minimum absolute atomic E-state index is 0.228. The molecular weight excluding hydrogens is 248 g/mol. The Hall–Kier alpha value is -1.71. The van der Waals surface area contributed by atoms with E-state index in [1.54, 1.807) is 7.11 Å². The van der Waals surface area contributed by atoms with E-state index in [0.717, 1.165) is 16.8 Å². The molecule has 2 aromatic rings. The van der Waals surface area contributed by atoms with Crippen LogP contribution in [0.25, 0.3) is 0 Å². The summed E-state index contributed by atoms with van der Waals surface area (Å²) in [6, 6.07) is 12.8. The van der Waals surface area contributed by atoms with Gasteiger partial charge in [-0.3, -0.25) is 0 Å². The van der Waals surface area contributed by atoms with Crippen molar-refractivity contribution < 1.29 is 4.74 Å². The van der Waals surface area contributed by atoms with Gasteiger partial charge in [-0.2, -0.15) is 0 Å². The number of methoxy groups -OCH3 is 1. The Labute approximate surface area is 111 Å². The molecule has 0 aliphatic carbocycles. The summed E-state index contributed by atoms with van der Waals surface area (Å²) in [6.07, 6.45) is 0. The van der Waals surface area contributed by atoms with E-state index in [9.17, 15) is 0 Å². The standard InChI is InChI=1S/C14H15ClN2O/c1-18-13-7-4-10(8-12(13)15)14(17)9-2-5-11(16)6-3-9/h2-8,14H,16-17H2,1H3. The van der Waals surface area contributed by atoms with Crippen LogP contribution in [0.5, 0.6) is 5.75 Å². The third kappa shape index (κ3) is 2.58. The van der Waals surface area contributed by atoms with E-state index in [4.69, 9.17) is 27.8 Å². The lowest BCUT2D eigenvalue weighted by molar-refractivity contribution is 0.415. The van der Waals surface area contributed by atoms with Crippen LogP contribution in [-0.4, -0.2) is 7.11 Å². The van der Waals surface area contributed by atoms with Crippen LogP contribution in [0.15, 0.2) is 42.5 Å². The second-order valence-electron chi connectivity index (χ2n) is 4.04. The second kappa shape index (κ2) is 5.29. The normalized spacial score (nSPS) is 12.2. The van der Waals surface area contributed by atoms with Gasteiger partial charge in [-0.05, 0) is 35.4 Å². The van der Waals surface area contributed by atoms with Gasteiger partial charge in [-0.25, -0.2) is 0 Å². The van der Waals surface area contributed by atoms with Gasteiger partial charge in [0.15, 0.2) is 0 Å². The first-order valence-electron chi connectivity index (χ1n) is 5.56. The molecule has 1 unspecified atom stereocenters. The molecule has 0 fully saturated rings. The quantitative estimate of drug-likeness (QED) is 0.836. The van der Waals surface area contributed by atoms with Gasteiger partial charge in [0.05, 0.1) is 18.2 Å². The molecule has 0 aliphatic rings. The number of hydrogen-bond donors (Lipinski definition) is 2. The van der Waals surface area contributed by atoms with E-state index >= 15 is 0 Å². The van der Waals surface area contributed by atoms with E-state index in [1.165, 1.54) is 0 Å². The van der Waals surface area contributed by atoms with Gasteiger partial charge in [0, 0.05) is 5.69 Å². The van der Waals surface area contributed by atoms with Gasteiger partial charge >= 0.3 is 0 Å². The highest BCUT2D eigenvalue weighted by molar-refractivity contribution is 6.32. The van der Waals surface area contributed by atoms with Crippen LogP contribution >= 0.6 is 11.6 Å². The predicted octanol–water partition coefficient (Wildman–Crippen LogP) is 2.98. The highest BCUT2D eigenvalue weighted by Crippen LogP contribution is 2.29. The molecule has 0 saturated heterocycles. The van der Waals surface area contributed by atoms with Crippen LogP contribution in [0.2, 0.25) is 5.02 Å². The molecule has 3 nitrogen and oxygen atoms in total. The van der Waals surface area contributed by atoms with Crippen molar-refractivity contribution >= 4 is 17.3 Å². The molecule has 2 aromatic carbocycles. The molecule has 0 aliphatic heterocycles. The zero-order valence-electron chi connectivity index (χ0n) is 10.1. The van der Waals surface area contributed by atoms with Crippen LogP contribution in [-0.2, 0) is 0 Å². The van der Waals surface area contributed by atoms with Crippen molar-refractivity contribution in [1.29, 1.82) is 0 Å². The Balaban J connectivity index is 2.31. The number of benzene rings is 2. The van der Waals surface area contributed by atoms with Gasteiger partial charge in [0.2, 0.25) is 0 Å². The topological polar surface area (TPSA) is 61.3 Å². The first-order chi connectivity index (χ1) is 8.61. The monoisotopic (exact) mass is 262 g/mol. The van der Waals surface area contributed by atoms with E-state index < -0.39 is 0 Å². The lowest BCUT2D eigenvalue weighted by Crippen LogP contribution is -2.11. The van der Waals surface area contributed by atoms with Crippen LogP contribution in [0.1, 0.15) is 17.2 Å². The van der Waals surface area contributed by atoms with Crippen molar-refractivity contribution in [3.63, 3.8) is 0 Å². The highest BCUT2D eigenvalue weighted by Gasteiger charge is 2.11. The van der Waals surface area contributed by atoms with E-state index in [1.807, 2.05) is 42.5 Å². The number of ether oxygens (including phenoxy) is 1. The zero-order valence-corrected chi connectivity index (χ0v) is 10.8. The summed E-state index contributed by atoms with van der Waals surface area (Å²) in [5.74, 6) is 0.643. The summed E-state index contributed by atoms with van der Waals surface area (Å²) in [7, 11) is 1.58. The minimum Gasteiger partial charge on any atom is -0.495 e. The lowest BCUT2D eigenvalue weighted by Gasteiger charge is -2.14. The smallest absolute Gasteiger partial charge is 0.137 e. The molecule has 94 valence electrons. The summed E-state index contributed by atoms with van der Waals surface area (Å²) in [5, 5.41) is 0.556. The average Bonchev–Trinajstić information content (AvgIpc) is 2.38. The van der Waals surface area contributed by atoms with E-state index in [0.29, 0.717) is 10.8 Å². The lowest BCUT2D eigenvalue weighted by atomic mass is 9.99. The van der Waals surface area contributed by atoms with Crippen LogP contribution < -0.4 is 16.2 Å². The van der Waals surface area contributed by atoms with Gasteiger partial charge in [0.1, 0.15) is 5.75 Å². The predicted molar refractivity (Wildman–Crippen MR) is 74.9 cm³/mol. The van der Waals surface area contributed by atoms with Crippen molar-refractivity contribution in [1.82, 2.24) is 0 Å². The molecule has 0 radical (unpaired) electrons. The fraction of sp³-hybridized carbons (Fsp3) is 0.143. The fourth-order valence-electron chi connectivity index (χ4n) is 1.77. The Kier molecular flexibility index (Phi) is 3.75. The van der Waals surface area contributed by atoms with Crippen molar-refractivity contribution in [2.24, 2.45) is 5.73 Å². The van der Waals surface area contributed by atoms with E-state index in [2.05, 4.69) is 0 Å². The van der Waals surface area contributed by atoms with Crippen LogP contribution in [0.4, 0.5) is 5.69 Å². The van der Waals surface area contributed by atoms with E-state index in [-0.39, 0.29) is 6.04 Å². The number of hydrogen-bond acceptors (Lipinski definition) is 3. The van der Waals surface area contributed by atoms with Crippen LogP contribution in [0, 0.1) is 0 Å². The molecule has 0 saturated carbocycles. The van der Waals surface area contributed by atoms with Crippen LogP contribution in [0.3, 0.4) is 0 Å². The summed E-state index contributed by atoms with van der Waals surface area (Å²) >= 11 is 6.09. The van der Waals surface area contributed by atoms with Gasteiger partial charge in [-0.15, -0.1) is 0 Å². The number of rotatable bonds is 3. The third-order valence-corrected chi connectivity index (χ3v) is 3.13. The molecule has 0 spiro atoms. The zero-order chi connectivity index (χ0) is 13.1. The first-order valence-corrected chi connectivity index (χ1v) is 5.94. The molecular formula is C14H15ClN2O. The molecule has 4 heteroatoms. The Morgan fingerprint density at radius 3 is 2.22 bits per heavy atom. The molecule has 4 N–H and O–H groups in total. The molecule has 18 heavy (non-hydrogen) atoms. The first kappa shape index (κ1) is 12.7. The van der Waals surface area contributed by atoms with Crippen molar-refractivity contribution in [3.8, 4) is 5.75 Å². The number of nitrogens with two attached hydrogens (primary N) is 2. The molecule has 0 amide bonds. The van der Waals surface area contributed by atoms with Gasteiger partial charge in [0.25, 0.3) is 0 Å². The highest BCUT2D eigenvalue weighted by atomic mass is 35.5.